The zero-order chi connectivity index (χ0) is 18.4. The molecule has 1 N–H and O–H groups in total. The zero-order valence-electron chi connectivity index (χ0n) is 14.0. The number of rotatable bonds is 2. The maximum atomic E-state index is 12.8. The number of piperazine rings is 1. The maximum Gasteiger partial charge on any atom is 0.262 e. The number of carbonyl (C=O) groups is 4. The Bertz CT molecular complexity index is 819. The summed E-state index contributed by atoms with van der Waals surface area (Å²) in [6.45, 7) is 3.16. The average Bonchev–Trinajstić information content (AvgIpc) is 2.87. The largest absolute Gasteiger partial charge is 0.369 e. The predicted octanol–water partition coefficient (Wildman–Crippen LogP) is 0.0546. The van der Waals surface area contributed by atoms with Crippen molar-refractivity contribution in [2.45, 2.75) is 18.9 Å². The number of thiol groups is 1. The highest BCUT2D eigenvalue weighted by atomic mass is 32.1. The van der Waals surface area contributed by atoms with Gasteiger partial charge in [-0.2, -0.15) is 0 Å². The third kappa shape index (κ3) is 2.77. The number of anilines is 1. The number of amides is 4. The molecule has 1 atom stereocenters. The summed E-state index contributed by atoms with van der Waals surface area (Å²) in [6.07, 6.45) is 0.274. The monoisotopic (exact) mass is 374 g/mol. The Morgan fingerprint density at radius 1 is 0.962 bits per heavy atom. The van der Waals surface area contributed by atoms with Gasteiger partial charge in [-0.25, -0.2) is 4.31 Å². The fourth-order valence-electron chi connectivity index (χ4n) is 3.61. The highest BCUT2D eigenvalue weighted by molar-refractivity contribution is 7.77. The Hall–Kier alpha value is -2.39. The molecule has 4 amide bonds. The van der Waals surface area contributed by atoms with Gasteiger partial charge in [0, 0.05) is 38.3 Å². The van der Waals surface area contributed by atoms with Gasteiger partial charge >= 0.3 is 0 Å². The van der Waals surface area contributed by atoms with Crippen LogP contribution in [0.4, 0.5) is 5.69 Å². The smallest absolute Gasteiger partial charge is 0.262 e. The van der Waals surface area contributed by atoms with E-state index in [0.29, 0.717) is 11.1 Å². The summed E-state index contributed by atoms with van der Waals surface area (Å²) >= 11 is 4.33. The van der Waals surface area contributed by atoms with E-state index in [1.54, 1.807) is 12.1 Å². The molecule has 1 aromatic rings. The Labute approximate surface area is 155 Å². The molecule has 8 nitrogen and oxygen atoms in total. The predicted molar refractivity (Wildman–Crippen MR) is 95.9 cm³/mol. The Morgan fingerprint density at radius 3 is 2.35 bits per heavy atom. The van der Waals surface area contributed by atoms with Gasteiger partial charge in [0.25, 0.3) is 11.8 Å². The molecule has 0 spiro atoms. The molecule has 4 rings (SSSR count). The van der Waals surface area contributed by atoms with E-state index < -0.39 is 23.8 Å². The minimum absolute atomic E-state index is 0.114. The summed E-state index contributed by atoms with van der Waals surface area (Å²) in [7, 11) is 0. The van der Waals surface area contributed by atoms with E-state index in [9.17, 15) is 19.2 Å². The minimum atomic E-state index is -0.934. The van der Waals surface area contributed by atoms with Crippen LogP contribution in [0.5, 0.6) is 0 Å². The van der Waals surface area contributed by atoms with Crippen LogP contribution in [0.2, 0.25) is 0 Å². The lowest BCUT2D eigenvalue weighted by molar-refractivity contribution is -0.136. The summed E-state index contributed by atoms with van der Waals surface area (Å²) < 4.78 is 1.93. The molecule has 1 unspecified atom stereocenters. The first kappa shape index (κ1) is 17.0. The van der Waals surface area contributed by atoms with Crippen molar-refractivity contribution in [3.05, 3.63) is 29.3 Å². The molecular formula is C17H18N4O4S. The molecule has 3 aliphatic rings. The number of nitrogens with one attached hydrogen (secondary N) is 1. The van der Waals surface area contributed by atoms with Gasteiger partial charge in [0.15, 0.2) is 0 Å². The molecule has 0 aliphatic carbocycles. The molecule has 9 heteroatoms. The molecule has 3 aliphatic heterocycles. The van der Waals surface area contributed by atoms with Crippen LogP contribution >= 0.6 is 12.8 Å². The van der Waals surface area contributed by atoms with Gasteiger partial charge in [-0.3, -0.25) is 29.4 Å². The van der Waals surface area contributed by atoms with E-state index in [0.717, 1.165) is 36.8 Å². The fraction of sp³-hybridized carbons (Fsp3) is 0.412. The maximum absolute atomic E-state index is 12.8. The number of fused-ring (bicyclic) bond motifs is 1. The van der Waals surface area contributed by atoms with Crippen molar-refractivity contribution >= 4 is 42.1 Å². The molecule has 2 fully saturated rings. The molecule has 0 saturated carbocycles. The lowest BCUT2D eigenvalue weighted by atomic mass is 10.0. The number of hydrogen-bond donors (Lipinski definition) is 2. The van der Waals surface area contributed by atoms with E-state index in [-0.39, 0.29) is 18.7 Å². The summed E-state index contributed by atoms with van der Waals surface area (Å²) in [6, 6.07) is 4.25. The Kier molecular flexibility index (Phi) is 4.20. The Balaban J connectivity index is 1.60. The van der Waals surface area contributed by atoms with Gasteiger partial charge in [-0.05, 0) is 24.6 Å². The molecule has 3 heterocycles. The van der Waals surface area contributed by atoms with Crippen LogP contribution in [0, 0.1) is 0 Å². The van der Waals surface area contributed by atoms with Gasteiger partial charge in [-0.1, -0.05) is 12.8 Å². The number of hydrogen-bond acceptors (Lipinski definition) is 7. The van der Waals surface area contributed by atoms with Crippen molar-refractivity contribution in [1.82, 2.24) is 14.5 Å². The third-order valence-electron chi connectivity index (χ3n) is 5.04. The van der Waals surface area contributed by atoms with Crippen LogP contribution in [0.15, 0.2) is 18.2 Å². The van der Waals surface area contributed by atoms with Gasteiger partial charge < -0.3 is 4.90 Å². The number of benzene rings is 1. The van der Waals surface area contributed by atoms with Crippen LogP contribution in [0.3, 0.4) is 0 Å². The molecule has 2 saturated heterocycles. The van der Waals surface area contributed by atoms with Crippen molar-refractivity contribution in [3.8, 4) is 0 Å². The first-order chi connectivity index (χ1) is 12.5. The fourth-order valence-corrected chi connectivity index (χ4v) is 3.79. The van der Waals surface area contributed by atoms with Crippen LogP contribution in [-0.4, -0.2) is 65.1 Å². The number of imide groups is 2. The third-order valence-corrected chi connectivity index (χ3v) is 5.44. The zero-order valence-corrected chi connectivity index (χ0v) is 14.9. The summed E-state index contributed by atoms with van der Waals surface area (Å²) in [5.74, 6) is -1.94. The Morgan fingerprint density at radius 2 is 1.65 bits per heavy atom. The molecule has 0 bridgehead atoms. The highest BCUT2D eigenvalue weighted by Crippen LogP contribution is 2.31. The van der Waals surface area contributed by atoms with Crippen molar-refractivity contribution < 1.29 is 19.2 Å². The van der Waals surface area contributed by atoms with Crippen LogP contribution < -0.4 is 10.2 Å². The topological polar surface area (TPSA) is 90.0 Å². The SMILES string of the molecule is O=C1CCC(N2C(=O)c3ccc(N4CCN(S)CC4)cc3C2=O)C(=O)N1. The van der Waals surface area contributed by atoms with Gasteiger partial charge in [0.1, 0.15) is 6.04 Å². The first-order valence-electron chi connectivity index (χ1n) is 8.50. The average molecular weight is 374 g/mol. The molecular weight excluding hydrogens is 356 g/mol. The second kappa shape index (κ2) is 6.40. The second-order valence-electron chi connectivity index (χ2n) is 6.62. The van der Waals surface area contributed by atoms with Crippen molar-refractivity contribution in [3.63, 3.8) is 0 Å². The van der Waals surface area contributed by atoms with Crippen molar-refractivity contribution in [2.24, 2.45) is 0 Å². The molecule has 136 valence electrons. The van der Waals surface area contributed by atoms with Crippen LogP contribution in [0.1, 0.15) is 33.6 Å². The van der Waals surface area contributed by atoms with Crippen molar-refractivity contribution in [2.75, 3.05) is 31.1 Å². The molecule has 0 radical (unpaired) electrons. The minimum Gasteiger partial charge on any atom is -0.369 e. The normalized spacial score (nSPS) is 24.1. The van der Waals surface area contributed by atoms with E-state index >= 15 is 0 Å². The summed E-state index contributed by atoms with van der Waals surface area (Å²) in [5.41, 5.74) is 1.48. The van der Waals surface area contributed by atoms with E-state index in [1.807, 2.05) is 10.4 Å². The molecule has 26 heavy (non-hydrogen) atoms. The number of nitrogens with zero attached hydrogens (tertiary/aromatic N) is 3. The first-order valence-corrected chi connectivity index (χ1v) is 8.90. The lowest BCUT2D eigenvalue weighted by Gasteiger charge is -2.33. The van der Waals surface area contributed by atoms with Crippen molar-refractivity contribution in [1.29, 1.82) is 0 Å². The van der Waals surface area contributed by atoms with Crippen LogP contribution in [-0.2, 0) is 9.59 Å². The summed E-state index contributed by atoms with van der Waals surface area (Å²) in [5, 5.41) is 2.20. The van der Waals surface area contributed by atoms with Crippen LogP contribution in [0.25, 0.3) is 0 Å². The highest BCUT2D eigenvalue weighted by Gasteiger charge is 2.44. The summed E-state index contributed by atoms with van der Waals surface area (Å²) in [4.78, 5) is 52.0. The second-order valence-corrected chi connectivity index (χ2v) is 7.18. The lowest BCUT2D eigenvalue weighted by Crippen LogP contribution is -2.54. The van der Waals surface area contributed by atoms with Gasteiger partial charge in [0.05, 0.1) is 11.1 Å². The van der Waals surface area contributed by atoms with E-state index in [2.05, 4.69) is 23.0 Å². The molecule has 1 aromatic carbocycles. The van der Waals surface area contributed by atoms with E-state index in [1.165, 1.54) is 0 Å². The quantitative estimate of drug-likeness (QED) is 0.562. The van der Waals surface area contributed by atoms with Gasteiger partial charge in [-0.15, -0.1) is 0 Å². The number of carbonyl (C=O) groups excluding carboxylic acids is 4. The van der Waals surface area contributed by atoms with Gasteiger partial charge in [0.2, 0.25) is 11.8 Å². The number of piperidine rings is 1. The standard InChI is InChI=1S/C17H18N4O4S/c22-14-4-3-13(15(23)18-14)21-16(24)11-2-1-10(9-12(11)17(21)25)19-5-7-20(26)8-6-19/h1-2,9,13,26H,3-8H2,(H,18,22,23). The molecule has 0 aromatic heterocycles. The van der Waals surface area contributed by atoms with E-state index in [4.69, 9.17) is 0 Å².